The van der Waals surface area contributed by atoms with Crippen molar-refractivity contribution in [1.82, 2.24) is 9.88 Å². The standard InChI is InChI=1S/C12H17ClN2O4S/c1-15-7-10(20(13,17)18)6-11(15)12(16)14-4-2-9-3-5-19-8-9/h6-7,9H,2-5,8H2,1H3,(H,14,16). The van der Waals surface area contributed by atoms with E-state index < -0.39 is 9.05 Å². The Hall–Kier alpha value is -1.05. The zero-order valence-corrected chi connectivity index (χ0v) is 12.7. The molecule has 1 N–H and O–H groups in total. The van der Waals surface area contributed by atoms with Crippen molar-refractivity contribution in [2.45, 2.75) is 17.7 Å². The smallest absolute Gasteiger partial charge is 0.267 e. The Morgan fingerprint density at radius 1 is 1.60 bits per heavy atom. The van der Waals surface area contributed by atoms with Crippen molar-refractivity contribution in [3.63, 3.8) is 0 Å². The number of hydrogen-bond acceptors (Lipinski definition) is 4. The van der Waals surface area contributed by atoms with E-state index in [4.69, 9.17) is 15.4 Å². The van der Waals surface area contributed by atoms with Crippen LogP contribution in [0.3, 0.4) is 0 Å². The monoisotopic (exact) mass is 320 g/mol. The summed E-state index contributed by atoms with van der Waals surface area (Å²) in [6, 6.07) is 1.27. The molecule has 6 nitrogen and oxygen atoms in total. The Labute approximate surface area is 122 Å². The van der Waals surface area contributed by atoms with Gasteiger partial charge < -0.3 is 14.6 Å². The molecule has 1 atom stereocenters. The number of nitrogens with one attached hydrogen (secondary N) is 1. The molecule has 1 fully saturated rings. The average molecular weight is 321 g/mol. The summed E-state index contributed by atoms with van der Waals surface area (Å²) in [6.45, 7) is 2.07. The van der Waals surface area contributed by atoms with Crippen molar-refractivity contribution in [2.24, 2.45) is 13.0 Å². The van der Waals surface area contributed by atoms with Gasteiger partial charge in [-0.2, -0.15) is 0 Å². The number of nitrogens with zero attached hydrogens (tertiary/aromatic N) is 1. The third-order valence-corrected chi connectivity index (χ3v) is 4.68. The lowest BCUT2D eigenvalue weighted by Crippen LogP contribution is -2.27. The molecule has 1 aliphatic heterocycles. The van der Waals surface area contributed by atoms with E-state index in [-0.39, 0.29) is 16.5 Å². The summed E-state index contributed by atoms with van der Waals surface area (Å²) >= 11 is 0. The van der Waals surface area contributed by atoms with Crippen LogP contribution < -0.4 is 5.32 Å². The minimum Gasteiger partial charge on any atom is -0.381 e. The molecular formula is C12H17ClN2O4S. The summed E-state index contributed by atoms with van der Waals surface area (Å²) < 4.78 is 29.1. The molecule has 112 valence electrons. The molecule has 0 bridgehead atoms. The number of halogens is 1. The van der Waals surface area contributed by atoms with Gasteiger partial charge in [-0.3, -0.25) is 4.79 Å². The predicted octanol–water partition coefficient (Wildman–Crippen LogP) is 1.11. The molecule has 0 saturated carbocycles. The second kappa shape index (κ2) is 6.15. The molecule has 2 heterocycles. The molecule has 1 aromatic rings. The Bertz CT molecular complexity index is 591. The Morgan fingerprint density at radius 2 is 2.35 bits per heavy atom. The molecule has 1 saturated heterocycles. The minimum absolute atomic E-state index is 0.0731. The summed E-state index contributed by atoms with van der Waals surface area (Å²) in [4.78, 5) is 11.9. The minimum atomic E-state index is -3.82. The average Bonchev–Trinajstić information content (AvgIpc) is 2.97. The topological polar surface area (TPSA) is 77.4 Å². The molecule has 20 heavy (non-hydrogen) atoms. The highest BCUT2D eigenvalue weighted by atomic mass is 35.7. The molecule has 0 aromatic carbocycles. The van der Waals surface area contributed by atoms with Gasteiger partial charge in [0.05, 0.1) is 0 Å². The summed E-state index contributed by atoms with van der Waals surface area (Å²) in [5.41, 5.74) is 0.270. The molecular weight excluding hydrogens is 304 g/mol. The maximum atomic E-state index is 12.0. The summed E-state index contributed by atoms with van der Waals surface area (Å²) in [6.07, 6.45) is 3.20. The summed E-state index contributed by atoms with van der Waals surface area (Å²) in [5.74, 6) is 0.181. The number of carbonyl (C=O) groups is 1. The van der Waals surface area contributed by atoms with E-state index in [1.165, 1.54) is 16.8 Å². The van der Waals surface area contributed by atoms with Gasteiger partial charge >= 0.3 is 0 Å². The van der Waals surface area contributed by atoms with E-state index in [9.17, 15) is 13.2 Å². The van der Waals surface area contributed by atoms with Crippen LogP contribution in [0, 0.1) is 5.92 Å². The number of amides is 1. The van der Waals surface area contributed by atoms with Gasteiger partial charge in [-0.25, -0.2) is 8.42 Å². The fourth-order valence-corrected chi connectivity index (χ4v) is 2.97. The molecule has 1 amide bonds. The van der Waals surface area contributed by atoms with E-state index in [0.29, 0.717) is 12.5 Å². The van der Waals surface area contributed by atoms with E-state index in [1.807, 2.05) is 0 Å². The zero-order chi connectivity index (χ0) is 14.8. The van der Waals surface area contributed by atoms with Gasteiger partial charge in [-0.1, -0.05) is 0 Å². The van der Waals surface area contributed by atoms with Gasteiger partial charge in [0.1, 0.15) is 10.6 Å². The Morgan fingerprint density at radius 3 is 2.90 bits per heavy atom. The molecule has 2 rings (SSSR count). The number of hydrogen-bond donors (Lipinski definition) is 1. The maximum absolute atomic E-state index is 12.0. The number of rotatable bonds is 5. The summed E-state index contributed by atoms with van der Waals surface area (Å²) in [5, 5.41) is 2.78. The Balaban J connectivity index is 1.93. The van der Waals surface area contributed by atoms with Gasteiger partial charge in [0.25, 0.3) is 15.0 Å². The van der Waals surface area contributed by atoms with Crippen LogP contribution in [0.4, 0.5) is 0 Å². The summed E-state index contributed by atoms with van der Waals surface area (Å²) in [7, 11) is 3.04. The van der Waals surface area contributed by atoms with Crippen molar-refractivity contribution < 1.29 is 17.9 Å². The van der Waals surface area contributed by atoms with E-state index in [1.54, 1.807) is 7.05 Å². The normalized spacial score (nSPS) is 19.2. The fourth-order valence-electron chi connectivity index (χ4n) is 2.18. The molecule has 0 spiro atoms. The van der Waals surface area contributed by atoms with Crippen LogP contribution in [-0.2, 0) is 20.8 Å². The maximum Gasteiger partial charge on any atom is 0.267 e. The van der Waals surface area contributed by atoms with Crippen LogP contribution in [-0.4, -0.2) is 38.7 Å². The van der Waals surface area contributed by atoms with Crippen molar-refractivity contribution >= 4 is 25.6 Å². The largest absolute Gasteiger partial charge is 0.381 e. The first-order chi connectivity index (χ1) is 9.38. The molecule has 1 aromatic heterocycles. The third-order valence-electron chi connectivity index (χ3n) is 3.36. The fraction of sp³-hybridized carbons (Fsp3) is 0.583. The second-order valence-corrected chi connectivity index (χ2v) is 7.45. The first-order valence-electron chi connectivity index (χ1n) is 6.35. The van der Waals surface area contributed by atoms with E-state index in [2.05, 4.69) is 5.32 Å². The van der Waals surface area contributed by atoms with Crippen LogP contribution >= 0.6 is 10.7 Å². The third kappa shape index (κ3) is 3.74. The molecule has 0 aliphatic carbocycles. The molecule has 1 aliphatic rings. The lowest BCUT2D eigenvalue weighted by Gasteiger charge is -2.09. The van der Waals surface area contributed by atoms with Gasteiger partial charge in [-0.05, 0) is 24.8 Å². The van der Waals surface area contributed by atoms with Crippen LogP contribution in [0.25, 0.3) is 0 Å². The van der Waals surface area contributed by atoms with Gasteiger partial charge in [-0.15, -0.1) is 0 Å². The van der Waals surface area contributed by atoms with Gasteiger partial charge in [0, 0.05) is 43.7 Å². The lowest BCUT2D eigenvalue weighted by atomic mass is 10.1. The van der Waals surface area contributed by atoms with Crippen LogP contribution in [0.15, 0.2) is 17.2 Å². The first-order valence-corrected chi connectivity index (χ1v) is 8.66. The van der Waals surface area contributed by atoms with Crippen molar-refractivity contribution in [1.29, 1.82) is 0 Å². The lowest BCUT2D eigenvalue weighted by molar-refractivity contribution is 0.0942. The van der Waals surface area contributed by atoms with Crippen molar-refractivity contribution in [3.8, 4) is 0 Å². The molecule has 8 heteroatoms. The van der Waals surface area contributed by atoms with Crippen molar-refractivity contribution in [3.05, 3.63) is 18.0 Å². The highest BCUT2D eigenvalue weighted by Gasteiger charge is 2.19. The van der Waals surface area contributed by atoms with E-state index >= 15 is 0 Å². The molecule has 1 unspecified atom stereocenters. The van der Waals surface area contributed by atoms with Gasteiger partial charge in [0.2, 0.25) is 0 Å². The number of carbonyl (C=O) groups excluding carboxylic acids is 1. The van der Waals surface area contributed by atoms with Crippen molar-refractivity contribution in [2.75, 3.05) is 19.8 Å². The SMILES string of the molecule is Cn1cc(S(=O)(=O)Cl)cc1C(=O)NCCC1CCOC1. The zero-order valence-electron chi connectivity index (χ0n) is 11.1. The quantitative estimate of drug-likeness (QED) is 0.824. The predicted molar refractivity (Wildman–Crippen MR) is 74.3 cm³/mol. The first kappa shape index (κ1) is 15.3. The Kier molecular flexibility index (Phi) is 4.72. The number of ether oxygens (including phenoxy) is 1. The second-order valence-electron chi connectivity index (χ2n) is 4.88. The highest BCUT2D eigenvalue weighted by molar-refractivity contribution is 8.13. The van der Waals surface area contributed by atoms with E-state index in [0.717, 1.165) is 26.1 Å². The van der Waals surface area contributed by atoms with Crippen LogP contribution in [0.2, 0.25) is 0 Å². The van der Waals surface area contributed by atoms with Gasteiger partial charge in [0.15, 0.2) is 0 Å². The highest BCUT2D eigenvalue weighted by Crippen LogP contribution is 2.18. The molecule has 0 radical (unpaired) electrons. The van der Waals surface area contributed by atoms with Crippen LogP contribution in [0.5, 0.6) is 0 Å². The van der Waals surface area contributed by atoms with Crippen LogP contribution in [0.1, 0.15) is 23.3 Å². The number of aromatic nitrogens is 1. The number of aryl methyl sites for hydroxylation is 1.